The van der Waals surface area contributed by atoms with Gasteiger partial charge < -0.3 is 5.32 Å². The maximum Gasteiger partial charge on any atom is 0.254 e. The second kappa shape index (κ2) is 5.51. The molecule has 0 saturated heterocycles. The lowest BCUT2D eigenvalue weighted by atomic mass is 10.1. The summed E-state index contributed by atoms with van der Waals surface area (Å²) in [6.07, 6.45) is 0. The number of nitrogens with one attached hydrogen (secondary N) is 1. The highest BCUT2D eigenvalue weighted by atomic mass is 35.5. The van der Waals surface area contributed by atoms with Crippen LogP contribution in [0.1, 0.15) is 17.3 Å². The molecule has 88 valence electrons. The Bertz CT molecular complexity index is 380. The maximum absolute atomic E-state index is 13.3. The number of rotatable bonds is 4. The molecule has 0 fully saturated rings. The summed E-state index contributed by atoms with van der Waals surface area (Å²) in [6.45, 7) is 1.70. The van der Waals surface area contributed by atoms with Crippen molar-refractivity contribution in [2.45, 2.75) is 12.5 Å². The van der Waals surface area contributed by atoms with Gasteiger partial charge in [0.2, 0.25) is 0 Å². The van der Waals surface area contributed by atoms with Crippen molar-refractivity contribution >= 4 is 29.1 Å². The number of carbonyl (C=O) groups is 1. The Morgan fingerprint density at radius 3 is 2.44 bits per heavy atom. The van der Waals surface area contributed by atoms with Crippen LogP contribution >= 0.6 is 23.2 Å². The molecule has 0 aliphatic carbocycles. The third kappa shape index (κ3) is 3.09. The number of carbonyl (C=O) groups excluding carboxylic acids is 1. The molecule has 0 spiro atoms. The van der Waals surface area contributed by atoms with Crippen LogP contribution in [0.25, 0.3) is 0 Å². The maximum atomic E-state index is 13.3. The molecule has 1 N–H and O–H groups in total. The molecule has 1 amide bonds. The molecule has 0 atom stereocenters. The topological polar surface area (TPSA) is 29.1 Å². The molecule has 0 saturated carbocycles. The van der Waals surface area contributed by atoms with E-state index in [9.17, 15) is 9.18 Å². The Balaban J connectivity index is 2.84. The van der Waals surface area contributed by atoms with Gasteiger partial charge in [-0.2, -0.15) is 0 Å². The molecule has 1 aromatic rings. The highest BCUT2D eigenvalue weighted by Gasteiger charge is 2.25. The smallest absolute Gasteiger partial charge is 0.254 e. The number of hydrogen-bond donors (Lipinski definition) is 1. The molecule has 1 aromatic carbocycles. The Labute approximate surface area is 104 Å². The van der Waals surface area contributed by atoms with E-state index in [0.29, 0.717) is 0 Å². The van der Waals surface area contributed by atoms with Gasteiger partial charge in [-0.15, -0.1) is 23.2 Å². The van der Waals surface area contributed by atoms with Crippen molar-refractivity contribution in [1.29, 1.82) is 0 Å². The van der Waals surface area contributed by atoms with Crippen LogP contribution in [0.4, 0.5) is 4.39 Å². The Kier molecular flexibility index (Phi) is 4.56. The van der Waals surface area contributed by atoms with Crippen molar-refractivity contribution in [1.82, 2.24) is 5.32 Å². The van der Waals surface area contributed by atoms with Crippen molar-refractivity contribution in [3.8, 4) is 0 Å². The summed E-state index contributed by atoms with van der Waals surface area (Å²) in [6, 6.07) is 5.76. The average Bonchev–Trinajstić information content (AvgIpc) is 2.29. The molecule has 0 aliphatic heterocycles. The SMILES string of the molecule is CC(CCl)(CCl)NC(=O)c1ccccc1F. The lowest BCUT2D eigenvalue weighted by Crippen LogP contribution is -2.49. The normalized spacial score (nSPS) is 11.2. The minimum absolute atomic E-state index is 0.0102. The number of amides is 1. The molecular weight excluding hydrogens is 252 g/mol. The second-order valence-corrected chi connectivity index (χ2v) is 4.30. The zero-order chi connectivity index (χ0) is 12.2. The van der Waals surface area contributed by atoms with Crippen LogP contribution in [-0.2, 0) is 0 Å². The lowest BCUT2D eigenvalue weighted by molar-refractivity contribution is 0.0917. The van der Waals surface area contributed by atoms with Crippen LogP contribution < -0.4 is 5.32 Å². The monoisotopic (exact) mass is 263 g/mol. The van der Waals surface area contributed by atoms with Crippen LogP contribution in [0.15, 0.2) is 24.3 Å². The molecule has 0 heterocycles. The van der Waals surface area contributed by atoms with E-state index in [1.54, 1.807) is 13.0 Å². The predicted molar refractivity (Wildman–Crippen MR) is 63.7 cm³/mol. The van der Waals surface area contributed by atoms with Gasteiger partial charge in [0.05, 0.1) is 11.1 Å². The van der Waals surface area contributed by atoms with E-state index >= 15 is 0 Å². The highest BCUT2D eigenvalue weighted by molar-refractivity contribution is 6.22. The van der Waals surface area contributed by atoms with Crippen LogP contribution in [-0.4, -0.2) is 23.2 Å². The van der Waals surface area contributed by atoms with E-state index in [2.05, 4.69) is 5.32 Å². The fraction of sp³-hybridized carbons (Fsp3) is 0.364. The Morgan fingerprint density at radius 1 is 1.38 bits per heavy atom. The molecule has 0 aliphatic rings. The van der Waals surface area contributed by atoms with Crippen LogP contribution in [0.3, 0.4) is 0 Å². The van der Waals surface area contributed by atoms with Crippen molar-refractivity contribution in [3.05, 3.63) is 35.6 Å². The summed E-state index contributed by atoms with van der Waals surface area (Å²) in [4.78, 5) is 11.7. The van der Waals surface area contributed by atoms with E-state index in [1.807, 2.05) is 0 Å². The lowest BCUT2D eigenvalue weighted by Gasteiger charge is -2.25. The van der Waals surface area contributed by atoms with E-state index < -0.39 is 17.3 Å². The van der Waals surface area contributed by atoms with E-state index in [-0.39, 0.29) is 17.3 Å². The minimum Gasteiger partial charge on any atom is -0.344 e. The third-order valence-electron chi connectivity index (χ3n) is 2.12. The highest BCUT2D eigenvalue weighted by Crippen LogP contribution is 2.12. The molecule has 0 aromatic heterocycles. The molecular formula is C11H12Cl2FNO. The third-order valence-corrected chi connectivity index (χ3v) is 3.30. The van der Waals surface area contributed by atoms with Gasteiger partial charge in [-0.25, -0.2) is 4.39 Å². The second-order valence-electron chi connectivity index (χ2n) is 3.76. The summed E-state index contributed by atoms with van der Waals surface area (Å²) in [5, 5.41) is 2.61. The van der Waals surface area contributed by atoms with Crippen molar-refractivity contribution < 1.29 is 9.18 Å². The standard InChI is InChI=1S/C11H12Cl2FNO/c1-11(6-12,7-13)15-10(16)8-4-2-3-5-9(8)14/h2-5H,6-7H2,1H3,(H,15,16). The molecule has 0 bridgehead atoms. The predicted octanol–water partition coefficient (Wildman–Crippen LogP) is 2.79. The summed E-state index contributed by atoms with van der Waals surface area (Å²) in [5.74, 6) is -0.749. The van der Waals surface area contributed by atoms with Crippen molar-refractivity contribution in [3.63, 3.8) is 0 Å². The fourth-order valence-electron chi connectivity index (χ4n) is 1.09. The van der Waals surface area contributed by atoms with Crippen molar-refractivity contribution in [2.24, 2.45) is 0 Å². The van der Waals surface area contributed by atoms with Gasteiger partial charge in [0.1, 0.15) is 5.82 Å². The zero-order valence-corrected chi connectivity index (χ0v) is 10.3. The quantitative estimate of drug-likeness (QED) is 0.832. The number of hydrogen-bond acceptors (Lipinski definition) is 1. The summed E-state index contributed by atoms with van der Waals surface area (Å²) in [7, 11) is 0. The first kappa shape index (κ1) is 13.3. The van der Waals surface area contributed by atoms with Gasteiger partial charge in [0, 0.05) is 11.8 Å². The average molecular weight is 264 g/mol. The van der Waals surface area contributed by atoms with Gasteiger partial charge in [-0.1, -0.05) is 12.1 Å². The first-order valence-corrected chi connectivity index (χ1v) is 5.78. The Morgan fingerprint density at radius 2 is 1.94 bits per heavy atom. The summed E-state index contributed by atoms with van der Waals surface area (Å²) < 4.78 is 13.3. The van der Waals surface area contributed by atoms with Gasteiger partial charge in [-0.05, 0) is 19.1 Å². The first-order chi connectivity index (χ1) is 7.52. The van der Waals surface area contributed by atoms with Gasteiger partial charge in [-0.3, -0.25) is 4.79 Å². The molecule has 16 heavy (non-hydrogen) atoms. The first-order valence-electron chi connectivity index (χ1n) is 4.71. The number of halogens is 3. The van der Waals surface area contributed by atoms with Crippen LogP contribution in [0.5, 0.6) is 0 Å². The van der Waals surface area contributed by atoms with E-state index in [4.69, 9.17) is 23.2 Å². The van der Waals surface area contributed by atoms with Gasteiger partial charge in [0.15, 0.2) is 0 Å². The molecule has 0 radical (unpaired) electrons. The van der Waals surface area contributed by atoms with Crippen LogP contribution in [0.2, 0.25) is 0 Å². The van der Waals surface area contributed by atoms with Gasteiger partial charge in [0.25, 0.3) is 5.91 Å². The van der Waals surface area contributed by atoms with Gasteiger partial charge >= 0.3 is 0 Å². The molecule has 2 nitrogen and oxygen atoms in total. The zero-order valence-electron chi connectivity index (χ0n) is 8.77. The van der Waals surface area contributed by atoms with E-state index in [0.717, 1.165) is 0 Å². The van der Waals surface area contributed by atoms with Crippen LogP contribution in [0, 0.1) is 5.82 Å². The Hall–Kier alpha value is -0.800. The van der Waals surface area contributed by atoms with Crippen molar-refractivity contribution in [2.75, 3.05) is 11.8 Å². The fourth-order valence-corrected chi connectivity index (χ4v) is 1.51. The van der Waals surface area contributed by atoms with E-state index in [1.165, 1.54) is 18.2 Å². The minimum atomic E-state index is -0.734. The molecule has 1 rings (SSSR count). The number of benzene rings is 1. The molecule has 0 unspecified atom stereocenters. The summed E-state index contributed by atoms with van der Waals surface area (Å²) in [5.41, 5.74) is -0.744. The summed E-state index contributed by atoms with van der Waals surface area (Å²) >= 11 is 11.4. The largest absolute Gasteiger partial charge is 0.344 e. The number of alkyl halides is 2. The molecule has 5 heteroatoms.